The number of esters is 1. The molecule has 5 nitrogen and oxygen atoms in total. The van der Waals surface area contributed by atoms with Crippen LogP contribution in [-0.4, -0.2) is 27.6 Å². The zero-order valence-electron chi connectivity index (χ0n) is 9.06. The minimum absolute atomic E-state index is 0.345. The van der Waals surface area contributed by atoms with Gasteiger partial charge in [-0.25, -0.2) is 9.48 Å². The summed E-state index contributed by atoms with van der Waals surface area (Å²) < 4.78 is 6.68. The third-order valence-electron chi connectivity index (χ3n) is 2.58. The van der Waals surface area contributed by atoms with E-state index < -0.39 is 0 Å². The molecular formula is C10H15N3O2. The quantitative estimate of drug-likeness (QED) is 0.698. The maximum atomic E-state index is 11.4. The van der Waals surface area contributed by atoms with E-state index in [1.54, 1.807) is 11.6 Å². The molecule has 2 rings (SSSR count). The molecule has 1 aliphatic carbocycles. The summed E-state index contributed by atoms with van der Waals surface area (Å²) in [5.74, 6) is 0.345. The first kappa shape index (κ1) is 10.1. The standard InChI is InChI=1S/C10H15N3O2/c1-3-15-10(14)9-7(2)13(12-11-9)6-8-4-5-8/h8H,3-6H2,1-2H3. The van der Waals surface area contributed by atoms with Crippen LogP contribution in [0.3, 0.4) is 0 Å². The second kappa shape index (κ2) is 4.00. The van der Waals surface area contributed by atoms with Crippen molar-refractivity contribution >= 4 is 5.97 Å². The zero-order valence-corrected chi connectivity index (χ0v) is 9.06. The first-order chi connectivity index (χ1) is 7.22. The average Bonchev–Trinajstić information content (AvgIpc) is 2.93. The fourth-order valence-corrected chi connectivity index (χ4v) is 1.47. The van der Waals surface area contributed by atoms with Crippen LogP contribution >= 0.6 is 0 Å². The molecule has 0 amide bonds. The highest BCUT2D eigenvalue weighted by Crippen LogP contribution is 2.30. The first-order valence-corrected chi connectivity index (χ1v) is 5.29. The molecule has 82 valence electrons. The van der Waals surface area contributed by atoms with Crippen molar-refractivity contribution in [2.45, 2.75) is 33.2 Å². The van der Waals surface area contributed by atoms with Crippen molar-refractivity contribution in [3.05, 3.63) is 11.4 Å². The lowest BCUT2D eigenvalue weighted by Crippen LogP contribution is -2.09. The molecule has 0 atom stereocenters. The highest BCUT2D eigenvalue weighted by molar-refractivity contribution is 5.88. The largest absolute Gasteiger partial charge is 0.461 e. The van der Waals surface area contributed by atoms with Crippen LogP contribution in [0.5, 0.6) is 0 Å². The SMILES string of the molecule is CCOC(=O)c1nnn(CC2CC2)c1C. The maximum Gasteiger partial charge on any atom is 0.360 e. The minimum Gasteiger partial charge on any atom is -0.461 e. The van der Waals surface area contributed by atoms with E-state index in [4.69, 9.17) is 4.74 Å². The van der Waals surface area contributed by atoms with Gasteiger partial charge in [0, 0.05) is 6.54 Å². The van der Waals surface area contributed by atoms with Crippen LogP contribution in [0.4, 0.5) is 0 Å². The Hall–Kier alpha value is -1.39. The Morgan fingerprint density at radius 2 is 2.33 bits per heavy atom. The molecule has 1 heterocycles. The molecule has 1 fully saturated rings. The highest BCUT2D eigenvalue weighted by Gasteiger charge is 2.25. The Bertz CT molecular complexity index is 369. The van der Waals surface area contributed by atoms with Gasteiger partial charge in [-0.15, -0.1) is 5.10 Å². The van der Waals surface area contributed by atoms with Crippen LogP contribution in [0, 0.1) is 12.8 Å². The van der Waals surface area contributed by atoms with Crippen molar-refractivity contribution in [3.8, 4) is 0 Å². The number of hydrogen-bond acceptors (Lipinski definition) is 4. The van der Waals surface area contributed by atoms with Gasteiger partial charge in [0.2, 0.25) is 0 Å². The van der Waals surface area contributed by atoms with Gasteiger partial charge in [-0.1, -0.05) is 5.21 Å². The summed E-state index contributed by atoms with van der Waals surface area (Å²) in [5.41, 5.74) is 1.15. The van der Waals surface area contributed by atoms with Gasteiger partial charge in [0.15, 0.2) is 5.69 Å². The van der Waals surface area contributed by atoms with E-state index in [2.05, 4.69) is 10.3 Å². The summed E-state index contributed by atoms with van der Waals surface area (Å²) >= 11 is 0. The predicted octanol–water partition coefficient (Wildman–Crippen LogP) is 1.17. The Kier molecular flexibility index (Phi) is 2.70. The van der Waals surface area contributed by atoms with E-state index >= 15 is 0 Å². The second-order valence-corrected chi connectivity index (χ2v) is 3.87. The lowest BCUT2D eigenvalue weighted by atomic mass is 10.3. The van der Waals surface area contributed by atoms with Crippen LogP contribution in [0.15, 0.2) is 0 Å². The Balaban J connectivity index is 2.11. The molecule has 0 unspecified atom stereocenters. The normalized spacial score (nSPS) is 15.3. The van der Waals surface area contributed by atoms with Gasteiger partial charge in [-0.05, 0) is 32.6 Å². The van der Waals surface area contributed by atoms with Crippen molar-refractivity contribution in [2.75, 3.05) is 6.61 Å². The van der Waals surface area contributed by atoms with Gasteiger partial charge in [-0.3, -0.25) is 0 Å². The number of aromatic nitrogens is 3. The van der Waals surface area contributed by atoms with E-state index in [0.717, 1.165) is 18.2 Å². The van der Waals surface area contributed by atoms with Crippen molar-refractivity contribution in [3.63, 3.8) is 0 Å². The number of rotatable bonds is 4. The lowest BCUT2D eigenvalue weighted by Gasteiger charge is -2.01. The molecule has 0 N–H and O–H groups in total. The van der Waals surface area contributed by atoms with Gasteiger partial charge >= 0.3 is 5.97 Å². The first-order valence-electron chi connectivity index (χ1n) is 5.29. The fraction of sp³-hybridized carbons (Fsp3) is 0.700. The third kappa shape index (κ3) is 2.16. The van der Waals surface area contributed by atoms with Crippen LogP contribution in [0.25, 0.3) is 0 Å². The summed E-state index contributed by atoms with van der Waals surface area (Å²) in [6.07, 6.45) is 2.52. The maximum absolute atomic E-state index is 11.4. The Morgan fingerprint density at radius 1 is 1.60 bits per heavy atom. The van der Waals surface area contributed by atoms with Crippen LogP contribution < -0.4 is 0 Å². The summed E-state index contributed by atoms with van der Waals surface area (Å²) in [6, 6.07) is 0. The Morgan fingerprint density at radius 3 is 2.93 bits per heavy atom. The number of carbonyl (C=O) groups excluding carboxylic acids is 1. The topological polar surface area (TPSA) is 57.0 Å². The molecule has 0 aromatic carbocycles. The third-order valence-corrected chi connectivity index (χ3v) is 2.58. The fourth-order valence-electron chi connectivity index (χ4n) is 1.47. The van der Waals surface area contributed by atoms with Crippen molar-refractivity contribution in [1.82, 2.24) is 15.0 Å². The second-order valence-electron chi connectivity index (χ2n) is 3.87. The van der Waals surface area contributed by atoms with E-state index in [-0.39, 0.29) is 5.97 Å². The molecule has 1 aliphatic rings. The van der Waals surface area contributed by atoms with Gasteiger partial charge < -0.3 is 4.74 Å². The summed E-state index contributed by atoms with van der Waals surface area (Å²) in [4.78, 5) is 11.4. The highest BCUT2D eigenvalue weighted by atomic mass is 16.5. The number of hydrogen-bond donors (Lipinski definition) is 0. The summed E-state index contributed by atoms with van der Waals surface area (Å²) in [7, 11) is 0. The molecule has 0 bridgehead atoms. The zero-order chi connectivity index (χ0) is 10.8. The van der Waals surface area contributed by atoms with Gasteiger partial charge in [0.05, 0.1) is 12.3 Å². The minimum atomic E-state index is -0.378. The average molecular weight is 209 g/mol. The molecule has 0 aliphatic heterocycles. The number of nitrogens with zero attached hydrogens (tertiary/aromatic N) is 3. The van der Waals surface area contributed by atoms with E-state index in [1.807, 2.05) is 6.92 Å². The molecule has 0 saturated heterocycles. The lowest BCUT2D eigenvalue weighted by molar-refractivity contribution is 0.0518. The molecule has 0 radical (unpaired) electrons. The molecule has 15 heavy (non-hydrogen) atoms. The molecule has 1 aromatic heterocycles. The van der Waals surface area contributed by atoms with Crippen LogP contribution in [0.1, 0.15) is 35.9 Å². The molecule has 1 saturated carbocycles. The predicted molar refractivity (Wildman–Crippen MR) is 53.4 cm³/mol. The van der Waals surface area contributed by atoms with Gasteiger partial charge in [0.1, 0.15) is 0 Å². The van der Waals surface area contributed by atoms with Crippen LogP contribution in [0.2, 0.25) is 0 Å². The molecular weight excluding hydrogens is 194 g/mol. The summed E-state index contributed by atoms with van der Waals surface area (Å²) in [6.45, 7) is 4.88. The smallest absolute Gasteiger partial charge is 0.360 e. The van der Waals surface area contributed by atoms with Crippen molar-refractivity contribution < 1.29 is 9.53 Å². The molecule has 1 aromatic rings. The van der Waals surface area contributed by atoms with Crippen molar-refractivity contribution in [1.29, 1.82) is 0 Å². The van der Waals surface area contributed by atoms with E-state index in [1.165, 1.54) is 12.8 Å². The van der Waals surface area contributed by atoms with E-state index in [9.17, 15) is 4.79 Å². The van der Waals surface area contributed by atoms with Crippen molar-refractivity contribution in [2.24, 2.45) is 5.92 Å². The number of ether oxygens (including phenoxy) is 1. The molecule has 0 spiro atoms. The van der Waals surface area contributed by atoms with Gasteiger partial charge in [0.25, 0.3) is 0 Å². The van der Waals surface area contributed by atoms with Crippen LogP contribution in [-0.2, 0) is 11.3 Å². The van der Waals surface area contributed by atoms with E-state index in [0.29, 0.717) is 12.3 Å². The van der Waals surface area contributed by atoms with Gasteiger partial charge in [-0.2, -0.15) is 0 Å². The summed E-state index contributed by atoms with van der Waals surface area (Å²) in [5, 5.41) is 7.82. The number of carbonyl (C=O) groups is 1. The molecule has 5 heteroatoms. The Labute approximate surface area is 88.4 Å². The monoisotopic (exact) mass is 209 g/mol.